The van der Waals surface area contributed by atoms with Gasteiger partial charge in [-0.25, -0.2) is 4.99 Å². The van der Waals surface area contributed by atoms with E-state index in [-0.39, 0.29) is 5.70 Å². The molecule has 9 heteroatoms. The van der Waals surface area contributed by atoms with Crippen molar-refractivity contribution in [2.45, 2.75) is 5.51 Å². The van der Waals surface area contributed by atoms with E-state index in [2.05, 4.69) is 14.5 Å². The quantitative estimate of drug-likeness (QED) is 0.621. The molecule has 0 aromatic rings. The minimum absolute atomic E-state index is 0.0906. The summed E-state index contributed by atoms with van der Waals surface area (Å²) in [5.41, 5.74) is -4.99. The number of nitrogens with zero attached hydrogens (tertiary/aromatic N) is 1. The van der Waals surface area contributed by atoms with E-state index in [4.69, 9.17) is 0 Å². The predicted octanol–water partition coefficient (Wildman–Crippen LogP) is 1.71. The largest absolute Gasteiger partial charge is 0.534 e. The summed E-state index contributed by atoms with van der Waals surface area (Å²) < 4.78 is 62.9. The first-order valence-corrected chi connectivity index (χ1v) is 6.30. The van der Waals surface area contributed by atoms with Gasteiger partial charge in [0.2, 0.25) is 0 Å². The molecule has 0 saturated carbocycles. The highest BCUT2D eigenvalue weighted by molar-refractivity contribution is 7.87. The monoisotopic (exact) mass is 292 g/mol. The summed E-state index contributed by atoms with van der Waals surface area (Å²) >= 11 is 0. The molecule has 0 unspecified atom stereocenters. The number of rotatable bonds is 2. The Morgan fingerprint density at radius 2 is 1.89 bits per heavy atom. The van der Waals surface area contributed by atoms with Crippen LogP contribution in [0.1, 0.15) is 0 Å². The van der Waals surface area contributed by atoms with Crippen LogP contribution in [-0.4, -0.2) is 20.3 Å². The van der Waals surface area contributed by atoms with Gasteiger partial charge in [-0.3, -0.25) is 0 Å². The van der Waals surface area contributed by atoms with Gasteiger partial charge in [-0.05, 0) is 6.08 Å². The predicted molar refractivity (Wildman–Crippen MR) is 61.1 cm³/mol. The zero-order valence-electron chi connectivity index (χ0n) is 9.18. The van der Waals surface area contributed by atoms with Gasteiger partial charge >= 0.3 is 15.6 Å². The number of nitrogens with one attached hydrogen (secondary N) is 1. The summed E-state index contributed by atoms with van der Waals surface area (Å²) in [6, 6.07) is 0. The van der Waals surface area contributed by atoms with Crippen molar-refractivity contribution in [2.24, 2.45) is 4.99 Å². The van der Waals surface area contributed by atoms with E-state index in [1.54, 1.807) is 6.08 Å². The van der Waals surface area contributed by atoms with Gasteiger partial charge in [0.25, 0.3) is 0 Å². The first-order chi connectivity index (χ1) is 8.81. The van der Waals surface area contributed by atoms with Gasteiger partial charge in [0.05, 0.1) is 12.0 Å². The maximum absolute atomic E-state index is 12.3. The van der Waals surface area contributed by atoms with Crippen LogP contribution in [0.25, 0.3) is 0 Å². The van der Waals surface area contributed by atoms with E-state index < -0.39 is 21.4 Å². The Morgan fingerprint density at radius 1 is 1.21 bits per heavy atom. The number of halogens is 3. The summed E-state index contributed by atoms with van der Waals surface area (Å²) in [7, 11) is -5.71. The normalized spacial score (nSPS) is 18.6. The van der Waals surface area contributed by atoms with E-state index in [9.17, 15) is 21.6 Å². The Bertz CT molecular complexity index is 639. The fraction of sp³-hybridized carbons (Fsp3) is 0.100. The van der Waals surface area contributed by atoms with E-state index in [0.717, 1.165) is 6.08 Å². The van der Waals surface area contributed by atoms with Crippen molar-refractivity contribution < 1.29 is 25.8 Å². The molecular formula is C10H7F3N2O3S. The summed E-state index contributed by atoms with van der Waals surface area (Å²) in [6.07, 6.45) is 8.10. The number of aliphatic imine (C=N–C) groups is 1. The molecule has 1 N–H and O–H groups in total. The topological polar surface area (TPSA) is 67.8 Å². The average Bonchev–Trinajstić information content (AvgIpc) is 2.50. The van der Waals surface area contributed by atoms with Crippen LogP contribution in [0.3, 0.4) is 0 Å². The first-order valence-electron chi connectivity index (χ1n) is 4.90. The van der Waals surface area contributed by atoms with Crippen LogP contribution in [0.5, 0.6) is 0 Å². The lowest BCUT2D eigenvalue weighted by Gasteiger charge is -2.16. The van der Waals surface area contributed by atoms with Crippen molar-refractivity contribution >= 4 is 16.5 Å². The molecule has 0 bridgehead atoms. The van der Waals surface area contributed by atoms with Gasteiger partial charge in [0.1, 0.15) is 0 Å². The van der Waals surface area contributed by atoms with Gasteiger partial charge in [-0.1, -0.05) is 18.2 Å². The first kappa shape index (κ1) is 13.4. The summed E-state index contributed by atoms with van der Waals surface area (Å²) in [6.45, 7) is 0. The van der Waals surface area contributed by atoms with Crippen LogP contribution in [0.2, 0.25) is 0 Å². The molecule has 0 atom stereocenters. The number of fused-ring (bicyclic) bond motifs is 1. The number of hydrogen-bond acceptors (Lipinski definition) is 5. The molecule has 19 heavy (non-hydrogen) atoms. The molecule has 5 nitrogen and oxygen atoms in total. The van der Waals surface area contributed by atoms with Crippen molar-refractivity contribution in [1.29, 1.82) is 0 Å². The maximum atomic E-state index is 12.3. The molecular weight excluding hydrogens is 285 g/mol. The van der Waals surface area contributed by atoms with Crippen LogP contribution in [-0.2, 0) is 14.3 Å². The number of alkyl halides is 3. The zero-order valence-corrected chi connectivity index (χ0v) is 9.99. The fourth-order valence-corrected chi connectivity index (χ4v) is 1.80. The molecule has 0 radical (unpaired) electrons. The highest BCUT2D eigenvalue weighted by Crippen LogP contribution is 2.29. The summed E-state index contributed by atoms with van der Waals surface area (Å²) in [4.78, 5) is 3.74. The minimum atomic E-state index is -5.71. The molecule has 0 spiro atoms. The Balaban J connectivity index is 2.42. The van der Waals surface area contributed by atoms with Crippen molar-refractivity contribution in [3.05, 3.63) is 47.5 Å². The van der Waals surface area contributed by atoms with Crippen LogP contribution in [0.4, 0.5) is 13.2 Å². The second kappa shape index (κ2) is 4.57. The maximum Gasteiger partial charge on any atom is 0.534 e. The van der Waals surface area contributed by atoms with Gasteiger partial charge in [-0.15, -0.1) is 0 Å². The van der Waals surface area contributed by atoms with Crippen LogP contribution in [0, 0.1) is 0 Å². The van der Waals surface area contributed by atoms with Gasteiger partial charge in [0, 0.05) is 11.8 Å². The van der Waals surface area contributed by atoms with Gasteiger partial charge in [-0.2, -0.15) is 21.6 Å². The molecule has 0 saturated heterocycles. The second-order valence-corrected chi connectivity index (χ2v) is 4.99. The minimum Gasteiger partial charge on any atom is -0.374 e. The molecule has 0 aromatic carbocycles. The lowest BCUT2D eigenvalue weighted by molar-refractivity contribution is -0.0520. The highest BCUT2D eigenvalue weighted by atomic mass is 32.2. The third-order valence-electron chi connectivity index (χ3n) is 2.15. The molecule has 1 aliphatic heterocycles. The van der Waals surface area contributed by atoms with Crippen LogP contribution >= 0.6 is 0 Å². The molecule has 2 rings (SSSR count). The van der Waals surface area contributed by atoms with Crippen molar-refractivity contribution in [3.63, 3.8) is 0 Å². The van der Waals surface area contributed by atoms with Crippen LogP contribution in [0.15, 0.2) is 52.5 Å². The number of hydrogen-bond donors (Lipinski definition) is 1. The molecule has 0 aromatic heterocycles. The van der Waals surface area contributed by atoms with Crippen molar-refractivity contribution in [1.82, 2.24) is 5.32 Å². The Labute approximate surface area is 106 Å². The van der Waals surface area contributed by atoms with E-state index in [1.165, 1.54) is 24.7 Å². The summed E-state index contributed by atoms with van der Waals surface area (Å²) in [5.74, 6) is -0.459. The lowest BCUT2D eigenvalue weighted by atomic mass is 10.2. The second-order valence-electron chi connectivity index (χ2n) is 3.45. The Morgan fingerprint density at radius 3 is 2.58 bits per heavy atom. The zero-order chi connectivity index (χ0) is 14.1. The molecule has 102 valence electrons. The fourth-order valence-electron chi connectivity index (χ4n) is 1.33. The Kier molecular flexibility index (Phi) is 3.23. The van der Waals surface area contributed by atoms with E-state index >= 15 is 0 Å². The van der Waals surface area contributed by atoms with Crippen molar-refractivity contribution in [3.8, 4) is 0 Å². The number of allylic oxidation sites excluding steroid dienone is 4. The van der Waals surface area contributed by atoms with Crippen LogP contribution < -0.4 is 5.32 Å². The smallest absolute Gasteiger partial charge is 0.374 e. The van der Waals surface area contributed by atoms with E-state index in [1.807, 2.05) is 0 Å². The Hall–Kier alpha value is -2.03. The SMILES string of the molecule is O=S(=O)(OC1=C2NC=NC=C2C=CC=C1)C(F)(F)F. The van der Waals surface area contributed by atoms with Gasteiger partial charge in [0.15, 0.2) is 5.76 Å². The highest BCUT2D eigenvalue weighted by Gasteiger charge is 2.49. The molecule has 2 aliphatic rings. The third kappa shape index (κ3) is 2.70. The summed E-state index contributed by atoms with van der Waals surface area (Å²) in [5, 5.41) is 2.55. The van der Waals surface area contributed by atoms with Gasteiger partial charge < -0.3 is 9.50 Å². The molecule has 1 aliphatic carbocycles. The molecule has 1 heterocycles. The third-order valence-corrected chi connectivity index (χ3v) is 3.12. The van der Waals surface area contributed by atoms with E-state index in [0.29, 0.717) is 5.57 Å². The molecule has 0 fully saturated rings. The lowest BCUT2D eigenvalue weighted by Crippen LogP contribution is -2.27. The average molecular weight is 292 g/mol. The van der Waals surface area contributed by atoms with Crippen molar-refractivity contribution in [2.75, 3.05) is 0 Å². The molecule has 0 amide bonds. The standard InChI is InChI=1S/C10H7F3N2O3S/c11-10(12,13)19(16,17)18-8-4-2-1-3-7-5-14-6-15-9(7)8/h1-6H,(H,14,15).